The number of anilines is 1. The third-order valence-corrected chi connectivity index (χ3v) is 6.38. The highest BCUT2D eigenvalue weighted by atomic mass is 35.5. The summed E-state index contributed by atoms with van der Waals surface area (Å²) in [7, 11) is -1.24. The number of fused-ring (bicyclic) bond motifs is 1. The zero-order chi connectivity index (χ0) is 20.5. The van der Waals surface area contributed by atoms with Crippen molar-refractivity contribution in [3.8, 4) is 5.75 Å². The molecule has 0 atom stereocenters. The monoisotopic (exact) mass is 427 g/mol. The van der Waals surface area contributed by atoms with Gasteiger partial charge in [-0.05, 0) is 18.2 Å². The Balaban J connectivity index is 1.76. The maximum absolute atomic E-state index is 12.9. The van der Waals surface area contributed by atoms with Crippen molar-refractivity contribution in [1.82, 2.24) is 9.21 Å². The fraction of sp³-hybridized carbons (Fsp3) is 0.294. The average Bonchev–Trinajstić information content (AvgIpc) is 3.13. The van der Waals surface area contributed by atoms with E-state index in [4.69, 9.17) is 20.8 Å². The van der Waals surface area contributed by atoms with Crippen LogP contribution in [0.1, 0.15) is 5.76 Å². The van der Waals surface area contributed by atoms with E-state index in [0.29, 0.717) is 5.76 Å². The number of amides is 2. The number of rotatable bonds is 6. The van der Waals surface area contributed by atoms with Crippen LogP contribution in [0.25, 0.3) is 0 Å². The molecule has 11 heteroatoms. The van der Waals surface area contributed by atoms with Gasteiger partial charge in [-0.25, -0.2) is 8.42 Å². The van der Waals surface area contributed by atoms with Crippen molar-refractivity contribution in [3.63, 3.8) is 0 Å². The van der Waals surface area contributed by atoms with Crippen LogP contribution in [0.15, 0.2) is 39.8 Å². The number of nitrogens with one attached hydrogen (secondary N) is 1. The molecule has 150 valence electrons. The lowest BCUT2D eigenvalue weighted by atomic mass is 10.2. The number of carbonyl (C=O) groups is 2. The van der Waals surface area contributed by atoms with Crippen LogP contribution in [-0.4, -0.2) is 56.7 Å². The molecule has 28 heavy (non-hydrogen) atoms. The summed E-state index contributed by atoms with van der Waals surface area (Å²) in [6, 6.07) is 5.96. The summed E-state index contributed by atoms with van der Waals surface area (Å²) in [5.41, 5.74) is 0.289. The van der Waals surface area contributed by atoms with Crippen LogP contribution in [0, 0.1) is 0 Å². The van der Waals surface area contributed by atoms with Gasteiger partial charge in [0.2, 0.25) is 15.9 Å². The fourth-order valence-electron chi connectivity index (χ4n) is 2.57. The van der Waals surface area contributed by atoms with E-state index in [1.165, 1.54) is 30.3 Å². The Labute approximate surface area is 166 Å². The minimum Gasteiger partial charge on any atom is -0.482 e. The Bertz CT molecular complexity index is 1010. The van der Waals surface area contributed by atoms with Gasteiger partial charge in [0.1, 0.15) is 16.4 Å². The molecular formula is C17H18ClN3O6S. The van der Waals surface area contributed by atoms with Crippen molar-refractivity contribution in [1.29, 1.82) is 0 Å². The highest BCUT2D eigenvalue weighted by molar-refractivity contribution is 7.89. The standard InChI is InChI=1S/C17H18ClN3O6S/c1-20(8-11-4-3-5-26-11)17(23)9-21(2)28(24,25)15-7-14-13(6-12(15)18)19-16(22)10-27-14/h3-7H,8-10H2,1-2H3,(H,19,22). The van der Waals surface area contributed by atoms with E-state index in [1.807, 2.05) is 0 Å². The molecule has 0 radical (unpaired) electrons. The molecule has 2 aromatic rings. The number of hydrogen-bond donors (Lipinski definition) is 1. The maximum atomic E-state index is 12.9. The number of hydrogen-bond acceptors (Lipinski definition) is 6. The van der Waals surface area contributed by atoms with Crippen LogP contribution in [-0.2, 0) is 26.2 Å². The molecule has 0 saturated carbocycles. The molecule has 3 rings (SSSR count). The van der Waals surface area contributed by atoms with E-state index in [9.17, 15) is 18.0 Å². The summed E-state index contributed by atoms with van der Waals surface area (Å²) >= 11 is 6.11. The second kappa shape index (κ2) is 7.82. The van der Waals surface area contributed by atoms with Gasteiger partial charge in [-0.15, -0.1) is 0 Å². The van der Waals surface area contributed by atoms with E-state index < -0.39 is 15.9 Å². The van der Waals surface area contributed by atoms with Crippen molar-refractivity contribution in [2.75, 3.05) is 32.6 Å². The van der Waals surface area contributed by atoms with Crippen molar-refractivity contribution in [3.05, 3.63) is 41.3 Å². The van der Waals surface area contributed by atoms with Gasteiger partial charge in [-0.2, -0.15) is 4.31 Å². The number of halogens is 1. The largest absolute Gasteiger partial charge is 0.482 e. The SMILES string of the molecule is CN(Cc1ccco1)C(=O)CN(C)S(=O)(=O)c1cc2c(cc1Cl)NC(=O)CO2. The van der Waals surface area contributed by atoms with E-state index in [-0.39, 0.29) is 47.0 Å². The average molecular weight is 428 g/mol. The lowest BCUT2D eigenvalue weighted by molar-refractivity contribution is -0.130. The zero-order valence-electron chi connectivity index (χ0n) is 15.1. The van der Waals surface area contributed by atoms with Crippen LogP contribution in [0.2, 0.25) is 5.02 Å². The second-order valence-electron chi connectivity index (χ2n) is 6.21. The van der Waals surface area contributed by atoms with Gasteiger partial charge in [0, 0.05) is 20.2 Å². The molecule has 0 fully saturated rings. The molecule has 0 saturated heterocycles. The molecule has 1 aliphatic heterocycles. The van der Waals surface area contributed by atoms with E-state index in [1.54, 1.807) is 19.2 Å². The minimum absolute atomic E-state index is 0.0900. The summed E-state index contributed by atoms with van der Waals surface area (Å²) in [5.74, 6) is -0.00270. The number of ether oxygens (including phenoxy) is 1. The predicted octanol–water partition coefficient (Wildman–Crippen LogP) is 1.54. The smallest absolute Gasteiger partial charge is 0.262 e. The van der Waals surface area contributed by atoms with E-state index in [2.05, 4.69) is 5.32 Å². The Hall–Kier alpha value is -2.56. The number of likely N-dealkylation sites (N-methyl/N-ethyl adjacent to an activating group) is 2. The number of benzene rings is 1. The van der Waals surface area contributed by atoms with Crippen molar-refractivity contribution < 1.29 is 27.2 Å². The molecule has 1 aromatic carbocycles. The molecular weight excluding hydrogens is 410 g/mol. The quantitative estimate of drug-likeness (QED) is 0.749. The van der Waals surface area contributed by atoms with Crippen LogP contribution < -0.4 is 10.1 Å². The first-order chi connectivity index (χ1) is 13.2. The lowest BCUT2D eigenvalue weighted by Crippen LogP contribution is -2.39. The minimum atomic E-state index is -4.07. The number of carbonyl (C=O) groups excluding carboxylic acids is 2. The predicted molar refractivity (Wildman–Crippen MR) is 101 cm³/mol. The molecule has 2 heterocycles. The molecule has 0 unspecified atom stereocenters. The Morgan fingerprint density at radius 3 is 2.75 bits per heavy atom. The van der Waals surface area contributed by atoms with Gasteiger partial charge in [0.25, 0.3) is 5.91 Å². The van der Waals surface area contributed by atoms with E-state index in [0.717, 1.165) is 4.31 Å². The molecule has 1 aliphatic rings. The van der Waals surface area contributed by atoms with Gasteiger partial charge in [-0.1, -0.05) is 11.6 Å². The third kappa shape index (κ3) is 4.13. The summed E-state index contributed by atoms with van der Waals surface area (Å²) in [6.45, 7) is -0.391. The van der Waals surface area contributed by atoms with Crippen LogP contribution in [0.4, 0.5) is 5.69 Å². The molecule has 0 spiro atoms. The van der Waals surface area contributed by atoms with Crippen molar-refractivity contribution in [2.45, 2.75) is 11.4 Å². The zero-order valence-corrected chi connectivity index (χ0v) is 16.7. The Morgan fingerprint density at radius 2 is 2.07 bits per heavy atom. The summed E-state index contributed by atoms with van der Waals surface area (Å²) in [6.07, 6.45) is 1.49. The lowest BCUT2D eigenvalue weighted by Gasteiger charge is -2.23. The van der Waals surface area contributed by atoms with Crippen molar-refractivity contribution in [2.24, 2.45) is 0 Å². The highest BCUT2D eigenvalue weighted by Crippen LogP contribution is 2.36. The van der Waals surface area contributed by atoms with E-state index >= 15 is 0 Å². The highest BCUT2D eigenvalue weighted by Gasteiger charge is 2.29. The molecule has 2 amide bonds. The number of nitrogens with zero attached hydrogens (tertiary/aromatic N) is 2. The molecule has 1 aromatic heterocycles. The third-order valence-electron chi connectivity index (χ3n) is 4.11. The van der Waals surface area contributed by atoms with Crippen LogP contribution in [0.5, 0.6) is 5.75 Å². The van der Waals surface area contributed by atoms with Gasteiger partial charge in [0.05, 0.1) is 30.1 Å². The second-order valence-corrected chi connectivity index (χ2v) is 8.63. The summed E-state index contributed by atoms with van der Waals surface area (Å²) in [5, 5.41) is 2.46. The number of furan rings is 1. The molecule has 0 bridgehead atoms. The normalized spacial score (nSPS) is 13.6. The maximum Gasteiger partial charge on any atom is 0.262 e. The summed E-state index contributed by atoms with van der Waals surface area (Å²) in [4.78, 5) is 24.9. The van der Waals surface area contributed by atoms with Crippen LogP contribution >= 0.6 is 11.6 Å². The first-order valence-corrected chi connectivity index (χ1v) is 9.99. The molecule has 1 N–H and O–H groups in total. The Morgan fingerprint density at radius 1 is 1.32 bits per heavy atom. The first-order valence-electron chi connectivity index (χ1n) is 8.17. The molecule has 9 nitrogen and oxygen atoms in total. The van der Waals surface area contributed by atoms with Gasteiger partial charge >= 0.3 is 0 Å². The first kappa shape index (κ1) is 20.2. The van der Waals surface area contributed by atoms with Gasteiger partial charge < -0.3 is 19.4 Å². The van der Waals surface area contributed by atoms with Gasteiger partial charge in [0.15, 0.2) is 6.61 Å². The van der Waals surface area contributed by atoms with Gasteiger partial charge in [-0.3, -0.25) is 9.59 Å². The Kier molecular flexibility index (Phi) is 5.64. The fourth-order valence-corrected chi connectivity index (χ4v) is 4.20. The topological polar surface area (TPSA) is 109 Å². The number of sulfonamides is 1. The van der Waals surface area contributed by atoms with Crippen molar-refractivity contribution >= 4 is 39.1 Å². The summed E-state index contributed by atoms with van der Waals surface area (Å²) < 4.78 is 37.1. The van der Waals surface area contributed by atoms with Crippen LogP contribution in [0.3, 0.4) is 0 Å². The molecule has 0 aliphatic carbocycles.